The van der Waals surface area contributed by atoms with Gasteiger partial charge in [0.25, 0.3) is 0 Å². The summed E-state index contributed by atoms with van der Waals surface area (Å²) >= 11 is 0. The third-order valence-electron chi connectivity index (χ3n) is 3.97. The van der Waals surface area contributed by atoms with Crippen molar-refractivity contribution >= 4 is 17.7 Å². The van der Waals surface area contributed by atoms with Gasteiger partial charge in [-0.1, -0.05) is 32.9 Å². The van der Waals surface area contributed by atoms with Crippen LogP contribution in [0.25, 0.3) is 0 Å². The van der Waals surface area contributed by atoms with Crippen LogP contribution in [0.3, 0.4) is 0 Å². The Bertz CT molecular complexity index is 646. The molecule has 0 unspecified atom stereocenters. The third-order valence-corrected chi connectivity index (χ3v) is 3.97. The maximum atomic E-state index is 11.7. The maximum Gasteiger partial charge on any atom is 0.327 e. The van der Waals surface area contributed by atoms with E-state index in [2.05, 4.69) is 36.9 Å². The average Bonchev–Trinajstić information content (AvgIpc) is 3.40. The fraction of sp³-hybridized carbons (Fsp3) is 0.526. The minimum atomic E-state index is -0.861. The van der Waals surface area contributed by atoms with Crippen molar-refractivity contribution in [2.45, 2.75) is 57.9 Å². The van der Waals surface area contributed by atoms with Gasteiger partial charge < -0.3 is 10.1 Å². The highest BCUT2D eigenvalue weighted by molar-refractivity contribution is 6.35. The Morgan fingerprint density at radius 2 is 1.69 bits per heavy atom. The molecule has 0 saturated heterocycles. The van der Waals surface area contributed by atoms with Gasteiger partial charge in [0.15, 0.2) is 0 Å². The summed E-state index contributed by atoms with van der Waals surface area (Å²) < 4.78 is 5.61. The molecule has 2 rings (SSSR count). The quantitative estimate of drug-likeness (QED) is 0.407. The Hall–Kier alpha value is -2.57. The first kappa shape index (κ1) is 19.8. The van der Waals surface area contributed by atoms with Gasteiger partial charge in [-0.05, 0) is 42.4 Å². The highest BCUT2D eigenvalue weighted by Crippen LogP contribution is 2.24. The second-order valence-corrected chi connectivity index (χ2v) is 7.48. The van der Waals surface area contributed by atoms with Gasteiger partial charge in [-0.15, -0.1) is 0 Å². The van der Waals surface area contributed by atoms with Gasteiger partial charge in [-0.2, -0.15) is 0 Å². The van der Waals surface area contributed by atoms with E-state index in [4.69, 9.17) is 4.74 Å². The zero-order chi connectivity index (χ0) is 19.2. The van der Waals surface area contributed by atoms with Crippen molar-refractivity contribution in [3.8, 4) is 5.75 Å². The van der Waals surface area contributed by atoms with Gasteiger partial charge in [0.1, 0.15) is 5.75 Å². The zero-order valence-corrected chi connectivity index (χ0v) is 15.6. The Balaban J connectivity index is 1.59. The number of carbonyl (C=O) groups is 3. The van der Waals surface area contributed by atoms with E-state index in [-0.39, 0.29) is 23.8 Å². The van der Waals surface area contributed by atoms with Crippen molar-refractivity contribution in [2.75, 3.05) is 6.61 Å². The SMILES string of the molecule is CC(C)(C)c1ccc(OCCCC(=O)NNC(=O)C(=O)NC2CC2)cc1. The van der Waals surface area contributed by atoms with Crippen LogP contribution in [0.5, 0.6) is 5.75 Å². The van der Waals surface area contributed by atoms with E-state index >= 15 is 0 Å². The summed E-state index contributed by atoms with van der Waals surface area (Å²) in [6.07, 6.45) is 2.47. The molecule has 7 heteroatoms. The predicted octanol–water partition coefficient (Wildman–Crippen LogP) is 1.57. The summed E-state index contributed by atoms with van der Waals surface area (Å²) in [6.45, 7) is 6.83. The molecule has 26 heavy (non-hydrogen) atoms. The van der Waals surface area contributed by atoms with Crippen LogP contribution in [0.2, 0.25) is 0 Å². The molecular weight excluding hydrogens is 334 g/mol. The normalized spacial score (nSPS) is 13.7. The van der Waals surface area contributed by atoms with Crippen LogP contribution in [0.15, 0.2) is 24.3 Å². The second kappa shape index (κ2) is 8.69. The lowest BCUT2D eigenvalue weighted by atomic mass is 9.87. The topological polar surface area (TPSA) is 96.5 Å². The van der Waals surface area contributed by atoms with Crippen molar-refractivity contribution in [1.29, 1.82) is 0 Å². The summed E-state index contributed by atoms with van der Waals surface area (Å²) in [6, 6.07) is 7.99. The first-order chi connectivity index (χ1) is 12.3. The first-order valence-corrected chi connectivity index (χ1v) is 8.89. The molecule has 1 aromatic rings. The van der Waals surface area contributed by atoms with Gasteiger partial charge in [0, 0.05) is 12.5 Å². The van der Waals surface area contributed by atoms with E-state index in [0.717, 1.165) is 18.6 Å². The number of hydrogen-bond acceptors (Lipinski definition) is 4. The fourth-order valence-electron chi connectivity index (χ4n) is 2.20. The molecule has 142 valence electrons. The molecule has 1 aliphatic rings. The molecule has 3 N–H and O–H groups in total. The number of rotatable bonds is 6. The lowest BCUT2D eigenvalue weighted by Gasteiger charge is -2.19. The second-order valence-electron chi connectivity index (χ2n) is 7.48. The van der Waals surface area contributed by atoms with Gasteiger partial charge in [-0.3, -0.25) is 25.2 Å². The number of hydrogen-bond donors (Lipinski definition) is 3. The molecular formula is C19H27N3O4. The smallest absolute Gasteiger partial charge is 0.327 e. The van der Waals surface area contributed by atoms with Gasteiger partial charge in [0.2, 0.25) is 5.91 Å². The average molecular weight is 361 g/mol. The number of amides is 3. The van der Waals surface area contributed by atoms with Crippen molar-refractivity contribution in [3.63, 3.8) is 0 Å². The van der Waals surface area contributed by atoms with Crippen LogP contribution in [0.4, 0.5) is 0 Å². The molecule has 0 aromatic heterocycles. The number of benzene rings is 1. The minimum Gasteiger partial charge on any atom is -0.494 e. The van der Waals surface area contributed by atoms with Crippen LogP contribution in [0, 0.1) is 0 Å². The van der Waals surface area contributed by atoms with E-state index in [1.54, 1.807) is 0 Å². The number of nitrogens with one attached hydrogen (secondary N) is 3. The lowest BCUT2D eigenvalue weighted by molar-refractivity contribution is -0.141. The van der Waals surface area contributed by atoms with E-state index in [0.29, 0.717) is 13.0 Å². The summed E-state index contributed by atoms with van der Waals surface area (Å²) in [4.78, 5) is 34.5. The van der Waals surface area contributed by atoms with Gasteiger partial charge in [0.05, 0.1) is 6.61 Å². The Morgan fingerprint density at radius 1 is 1.04 bits per heavy atom. The highest BCUT2D eigenvalue weighted by atomic mass is 16.5. The predicted molar refractivity (Wildman–Crippen MR) is 97.3 cm³/mol. The summed E-state index contributed by atoms with van der Waals surface area (Å²) in [7, 11) is 0. The summed E-state index contributed by atoms with van der Waals surface area (Å²) in [5.74, 6) is -1.21. The molecule has 0 heterocycles. The van der Waals surface area contributed by atoms with Gasteiger partial charge in [-0.25, -0.2) is 0 Å². The number of hydrazine groups is 1. The van der Waals surface area contributed by atoms with Crippen LogP contribution < -0.4 is 20.9 Å². The standard InChI is InChI=1S/C19H27N3O4/c1-19(2,3)13-6-10-15(11-7-13)26-12-4-5-16(23)21-22-18(25)17(24)20-14-8-9-14/h6-7,10-11,14H,4-5,8-9,12H2,1-3H3,(H,20,24)(H,21,23)(H,22,25). The largest absolute Gasteiger partial charge is 0.494 e. The molecule has 0 bridgehead atoms. The Kier molecular flexibility index (Phi) is 6.60. The van der Waals surface area contributed by atoms with E-state index < -0.39 is 11.8 Å². The van der Waals surface area contributed by atoms with Crippen LogP contribution in [-0.2, 0) is 19.8 Å². The Morgan fingerprint density at radius 3 is 2.27 bits per heavy atom. The summed E-state index contributed by atoms with van der Waals surface area (Å²) in [5.41, 5.74) is 5.65. The Labute approximate surface area is 153 Å². The monoisotopic (exact) mass is 361 g/mol. The highest BCUT2D eigenvalue weighted by Gasteiger charge is 2.26. The minimum absolute atomic E-state index is 0.0939. The van der Waals surface area contributed by atoms with Crippen molar-refractivity contribution in [3.05, 3.63) is 29.8 Å². The molecule has 1 fully saturated rings. The molecule has 7 nitrogen and oxygen atoms in total. The first-order valence-electron chi connectivity index (χ1n) is 8.89. The summed E-state index contributed by atoms with van der Waals surface area (Å²) in [5, 5.41) is 2.54. The zero-order valence-electron chi connectivity index (χ0n) is 15.6. The third kappa shape index (κ3) is 6.74. The number of carbonyl (C=O) groups excluding carboxylic acids is 3. The molecule has 0 atom stereocenters. The van der Waals surface area contributed by atoms with Crippen molar-refractivity contribution in [2.24, 2.45) is 0 Å². The molecule has 3 amide bonds. The van der Waals surface area contributed by atoms with E-state index in [9.17, 15) is 14.4 Å². The van der Waals surface area contributed by atoms with Crippen molar-refractivity contribution in [1.82, 2.24) is 16.2 Å². The van der Waals surface area contributed by atoms with Gasteiger partial charge >= 0.3 is 11.8 Å². The molecule has 0 radical (unpaired) electrons. The van der Waals surface area contributed by atoms with Crippen LogP contribution in [-0.4, -0.2) is 30.4 Å². The molecule has 1 saturated carbocycles. The van der Waals surface area contributed by atoms with E-state index in [1.165, 1.54) is 5.56 Å². The number of ether oxygens (including phenoxy) is 1. The molecule has 0 spiro atoms. The van der Waals surface area contributed by atoms with Crippen LogP contribution in [0.1, 0.15) is 52.0 Å². The molecule has 0 aliphatic heterocycles. The molecule has 1 aliphatic carbocycles. The van der Waals surface area contributed by atoms with E-state index in [1.807, 2.05) is 24.3 Å². The molecule has 1 aromatic carbocycles. The fourth-order valence-corrected chi connectivity index (χ4v) is 2.20. The van der Waals surface area contributed by atoms with Crippen LogP contribution >= 0.6 is 0 Å². The van der Waals surface area contributed by atoms with Crippen molar-refractivity contribution < 1.29 is 19.1 Å². The lowest BCUT2D eigenvalue weighted by Crippen LogP contribution is -2.48. The maximum absolute atomic E-state index is 11.7.